The Labute approximate surface area is 99.6 Å². The van der Waals surface area contributed by atoms with E-state index in [1.807, 2.05) is 0 Å². The van der Waals surface area contributed by atoms with E-state index >= 15 is 0 Å². The fourth-order valence-electron chi connectivity index (χ4n) is 1.71. The van der Waals surface area contributed by atoms with Crippen LogP contribution in [0.15, 0.2) is 12.4 Å². The van der Waals surface area contributed by atoms with Crippen LogP contribution in [-0.2, 0) is 0 Å². The molecule has 0 spiro atoms. The van der Waals surface area contributed by atoms with E-state index in [9.17, 15) is 0 Å². The van der Waals surface area contributed by atoms with Gasteiger partial charge in [-0.1, -0.05) is 6.92 Å². The molecule has 2 aromatic heterocycles. The number of aromatic nitrogens is 5. The molecule has 0 saturated heterocycles. The predicted molar refractivity (Wildman–Crippen MR) is 64.7 cm³/mol. The quantitative estimate of drug-likeness (QED) is 0.781. The zero-order valence-electron chi connectivity index (χ0n) is 10.1. The Hall–Kier alpha value is -1.76. The van der Waals surface area contributed by atoms with Gasteiger partial charge in [0.05, 0.1) is 12.4 Å². The van der Waals surface area contributed by atoms with Crippen molar-refractivity contribution in [3.63, 3.8) is 0 Å². The van der Waals surface area contributed by atoms with Crippen molar-refractivity contribution in [2.45, 2.75) is 13.8 Å². The molecule has 7 nitrogen and oxygen atoms in total. The molecule has 0 aromatic carbocycles. The standard InChI is InChI=1S/C10H17N7/c1-3-16(7-8(2)4-11)10-6-12-5-9-13-14-15-17(9)10/h5-6,8H,3-4,7,11H2,1-2H3. The van der Waals surface area contributed by atoms with Crippen LogP contribution in [0.25, 0.3) is 5.65 Å². The zero-order valence-corrected chi connectivity index (χ0v) is 10.1. The summed E-state index contributed by atoms with van der Waals surface area (Å²) in [5.74, 6) is 1.32. The third-order valence-corrected chi connectivity index (χ3v) is 2.73. The molecule has 2 heterocycles. The van der Waals surface area contributed by atoms with Crippen molar-refractivity contribution < 1.29 is 0 Å². The zero-order chi connectivity index (χ0) is 12.3. The Morgan fingerprint density at radius 1 is 1.47 bits per heavy atom. The van der Waals surface area contributed by atoms with Crippen LogP contribution < -0.4 is 10.6 Å². The Balaban J connectivity index is 2.32. The van der Waals surface area contributed by atoms with Gasteiger partial charge in [-0.05, 0) is 29.8 Å². The number of nitrogens with two attached hydrogens (primary N) is 1. The van der Waals surface area contributed by atoms with Crippen molar-refractivity contribution >= 4 is 11.5 Å². The van der Waals surface area contributed by atoms with Gasteiger partial charge in [-0.2, -0.15) is 4.52 Å². The van der Waals surface area contributed by atoms with Crippen molar-refractivity contribution in [3.8, 4) is 0 Å². The first-order valence-corrected chi connectivity index (χ1v) is 5.73. The minimum absolute atomic E-state index is 0.418. The molecular formula is C10H17N7. The lowest BCUT2D eigenvalue weighted by Gasteiger charge is -2.25. The smallest absolute Gasteiger partial charge is 0.199 e. The first kappa shape index (κ1) is 11.7. The second-order valence-electron chi connectivity index (χ2n) is 4.09. The van der Waals surface area contributed by atoms with Gasteiger partial charge in [-0.15, -0.1) is 5.10 Å². The van der Waals surface area contributed by atoms with E-state index < -0.39 is 0 Å². The van der Waals surface area contributed by atoms with Gasteiger partial charge in [0.2, 0.25) is 0 Å². The van der Waals surface area contributed by atoms with Gasteiger partial charge in [0, 0.05) is 13.1 Å². The largest absolute Gasteiger partial charge is 0.355 e. The summed E-state index contributed by atoms with van der Waals surface area (Å²) >= 11 is 0. The van der Waals surface area contributed by atoms with Crippen LogP contribution in [0.3, 0.4) is 0 Å². The van der Waals surface area contributed by atoms with Gasteiger partial charge in [-0.3, -0.25) is 4.98 Å². The molecule has 92 valence electrons. The van der Waals surface area contributed by atoms with E-state index in [2.05, 4.69) is 39.3 Å². The second kappa shape index (κ2) is 5.05. The molecule has 17 heavy (non-hydrogen) atoms. The van der Waals surface area contributed by atoms with Gasteiger partial charge < -0.3 is 10.6 Å². The Bertz CT molecular complexity index is 480. The van der Waals surface area contributed by atoms with E-state index in [4.69, 9.17) is 5.73 Å². The van der Waals surface area contributed by atoms with Crippen LogP contribution in [0.1, 0.15) is 13.8 Å². The summed E-state index contributed by atoms with van der Waals surface area (Å²) in [7, 11) is 0. The molecule has 2 N–H and O–H groups in total. The highest BCUT2D eigenvalue weighted by Gasteiger charge is 2.13. The summed E-state index contributed by atoms with van der Waals surface area (Å²) in [6, 6.07) is 0. The normalized spacial score (nSPS) is 12.9. The summed E-state index contributed by atoms with van der Waals surface area (Å²) in [5.41, 5.74) is 6.31. The molecule has 2 rings (SSSR count). The minimum Gasteiger partial charge on any atom is -0.355 e. The van der Waals surface area contributed by atoms with Gasteiger partial charge in [0.25, 0.3) is 0 Å². The lowest BCUT2D eigenvalue weighted by Crippen LogP contribution is -2.33. The SMILES string of the molecule is CCN(CC(C)CN)c1cncc2nnnn12. The van der Waals surface area contributed by atoms with Gasteiger partial charge in [0.15, 0.2) is 11.5 Å². The average molecular weight is 235 g/mol. The molecular weight excluding hydrogens is 218 g/mol. The highest BCUT2D eigenvalue weighted by Crippen LogP contribution is 2.14. The van der Waals surface area contributed by atoms with Crippen LogP contribution in [-0.4, -0.2) is 44.7 Å². The topological polar surface area (TPSA) is 85.2 Å². The fraction of sp³-hybridized carbons (Fsp3) is 0.600. The average Bonchev–Trinajstić information content (AvgIpc) is 2.83. The highest BCUT2D eigenvalue weighted by atomic mass is 15.5. The highest BCUT2D eigenvalue weighted by molar-refractivity contribution is 5.45. The number of hydrogen-bond donors (Lipinski definition) is 1. The molecule has 0 aliphatic heterocycles. The summed E-state index contributed by atoms with van der Waals surface area (Å²) in [6.45, 7) is 6.61. The van der Waals surface area contributed by atoms with E-state index in [0.29, 0.717) is 18.1 Å². The molecule has 1 atom stereocenters. The molecule has 2 aromatic rings. The summed E-state index contributed by atoms with van der Waals surface area (Å²) in [5, 5.41) is 11.5. The number of anilines is 1. The van der Waals surface area contributed by atoms with Crippen molar-refractivity contribution in [2.75, 3.05) is 24.5 Å². The monoisotopic (exact) mass is 235 g/mol. The van der Waals surface area contributed by atoms with Crippen molar-refractivity contribution in [1.29, 1.82) is 0 Å². The summed E-state index contributed by atoms with van der Waals surface area (Å²) in [4.78, 5) is 6.33. The van der Waals surface area contributed by atoms with E-state index in [1.165, 1.54) is 0 Å². The van der Waals surface area contributed by atoms with Crippen LogP contribution >= 0.6 is 0 Å². The van der Waals surface area contributed by atoms with Crippen LogP contribution in [0, 0.1) is 5.92 Å². The first-order valence-electron chi connectivity index (χ1n) is 5.73. The number of rotatable bonds is 5. The lowest BCUT2D eigenvalue weighted by molar-refractivity contribution is 0.568. The number of nitrogens with zero attached hydrogens (tertiary/aromatic N) is 6. The van der Waals surface area contributed by atoms with Gasteiger partial charge >= 0.3 is 0 Å². The molecule has 0 radical (unpaired) electrons. The molecule has 0 aliphatic rings. The number of hydrogen-bond acceptors (Lipinski definition) is 6. The maximum Gasteiger partial charge on any atom is 0.199 e. The molecule has 0 bridgehead atoms. The van der Waals surface area contributed by atoms with Crippen LogP contribution in [0.5, 0.6) is 0 Å². The van der Waals surface area contributed by atoms with Crippen LogP contribution in [0.2, 0.25) is 0 Å². The van der Waals surface area contributed by atoms with Crippen molar-refractivity contribution in [3.05, 3.63) is 12.4 Å². The fourth-order valence-corrected chi connectivity index (χ4v) is 1.71. The number of fused-ring (bicyclic) bond motifs is 1. The Kier molecular flexibility index (Phi) is 3.48. The second-order valence-corrected chi connectivity index (χ2v) is 4.09. The predicted octanol–water partition coefficient (Wildman–Crippen LogP) is -0.0596. The summed E-state index contributed by atoms with van der Waals surface area (Å²) in [6.07, 6.45) is 3.42. The maximum absolute atomic E-state index is 5.66. The Morgan fingerprint density at radius 2 is 2.29 bits per heavy atom. The molecule has 0 amide bonds. The third kappa shape index (κ3) is 2.33. The van der Waals surface area contributed by atoms with Crippen molar-refractivity contribution in [2.24, 2.45) is 11.7 Å². The summed E-state index contributed by atoms with van der Waals surface area (Å²) < 4.78 is 1.69. The first-order chi connectivity index (χ1) is 8.26. The number of tetrazole rings is 1. The molecule has 7 heteroatoms. The van der Waals surface area contributed by atoms with Crippen LogP contribution in [0.4, 0.5) is 5.82 Å². The molecule has 0 fully saturated rings. The molecule has 0 saturated carbocycles. The van der Waals surface area contributed by atoms with E-state index in [-0.39, 0.29) is 0 Å². The van der Waals surface area contributed by atoms with Crippen molar-refractivity contribution in [1.82, 2.24) is 25.0 Å². The van der Waals surface area contributed by atoms with E-state index in [0.717, 1.165) is 18.9 Å². The lowest BCUT2D eigenvalue weighted by atomic mass is 10.2. The molecule has 1 unspecified atom stereocenters. The maximum atomic E-state index is 5.66. The van der Waals surface area contributed by atoms with Gasteiger partial charge in [-0.25, -0.2) is 0 Å². The third-order valence-electron chi connectivity index (χ3n) is 2.73. The van der Waals surface area contributed by atoms with E-state index in [1.54, 1.807) is 16.9 Å². The Morgan fingerprint density at radius 3 is 3.00 bits per heavy atom. The van der Waals surface area contributed by atoms with Gasteiger partial charge in [0.1, 0.15) is 0 Å². The molecule has 0 aliphatic carbocycles. The minimum atomic E-state index is 0.418.